The largest absolute Gasteiger partial charge is 0.383 e. The second-order valence-corrected chi connectivity index (χ2v) is 11.8. The maximum Gasteiger partial charge on any atom is 0.373 e. The predicted octanol–water partition coefficient (Wildman–Crippen LogP) is 3.25. The van der Waals surface area contributed by atoms with Crippen molar-refractivity contribution in [2.45, 2.75) is 90.6 Å². The summed E-state index contributed by atoms with van der Waals surface area (Å²) in [4.78, 5) is 57.5. The molecule has 1 heterocycles. The Morgan fingerprint density at radius 3 is 2.42 bits per heavy atom. The van der Waals surface area contributed by atoms with E-state index < -0.39 is 30.0 Å². The van der Waals surface area contributed by atoms with Gasteiger partial charge in [0.05, 0.1) is 5.71 Å². The van der Waals surface area contributed by atoms with Gasteiger partial charge in [0.25, 0.3) is 11.8 Å². The van der Waals surface area contributed by atoms with Crippen LogP contribution in [0.4, 0.5) is 0 Å². The molecule has 0 unspecified atom stereocenters. The van der Waals surface area contributed by atoms with Crippen molar-refractivity contribution in [3.8, 4) is 0 Å². The Kier molecular flexibility index (Phi) is 6.13. The Bertz CT molecular complexity index is 1050. The molecule has 9 nitrogen and oxygen atoms in total. The second-order valence-electron chi connectivity index (χ2n) is 11.8. The summed E-state index contributed by atoms with van der Waals surface area (Å²) in [6, 6.07) is 0. The Balaban J connectivity index is 1.24. The van der Waals surface area contributed by atoms with Crippen LogP contribution in [0.25, 0.3) is 0 Å². The molecule has 5 aliphatic rings. The molecule has 4 aliphatic carbocycles. The fraction of sp³-hybridized carbons (Fsp3) is 0.741. The van der Waals surface area contributed by atoms with Gasteiger partial charge in [-0.05, 0) is 87.5 Å². The highest BCUT2D eigenvalue weighted by atomic mass is 16.7. The molecule has 36 heavy (non-hydrogen) atoms. The highest BCUT2D eigenvalue weighted by Crippen LogP contribution is 2.67. The van der Waals surface area contributed by atoms with E-state index >= 15 is 0 Å². The average molecular weight is 501 g/mol. The van der Waals surface area contributed by atoms with Crippen molar-refractivity contribution in [1.29, 1.82) is 0 Å². The van der Waals surface area contributed by atoms with E-state index in [-0.39, 0.29) is 29.5 Å². The number of hydroxylamine groups is 2. The van der Waals surface area contributed by atoms with Gasteiger partial charge in [-0.2, -0.15) is 0 Å². The normalized spacial score (nSPS) is 40.9. The van der Waals surface area contributed by atoms with Gasteiger partial charge in [0.1, 0.15) is 5.60 Å². The summed E-state index contributed by atoms with van der Waals surface area (Å²) >= 11 is 0. The summed E-state index contributed by atoms with van der Waals surface area (Å²) in [5.74, 6) is -0.616. The maximum absolute atomic E-state index is 12.4. The molecule has 5 rings (SSSR count). The van der Waals surface area contributed by atoms with Crippen LogP contribution in [0.5, 0.6) is 0 Å². The molecule has 1 saturated heterocycles. The molecule has 4 fully saturated rings. The number of Topliss-reactive ketones (excluding diaryl/α,β-unsaturated/α-hetero) is 1. The molecule has 196 valence electrons. The number of amides is 2. The van der Waals surface area contributed by atoms with Crippen LogP contribution in [0.1, 0.15) is 85.0 Å². The Morgan fingerprint density at radius 2 is 1.72 bits per heavy atom. The number of allylic oxidation sites excluding steroid dienone is 2. The van der Waals surface area contributed by atoms with Crippen molar-refractivity contribution in [2.24, 2.45) is 33.7 Å². The lowest BCUT2D eigenvalue weighted by Gasteiger charge is -2.59. The van der Waals surface area contributed by atoms with Gasteiger partial charge < -0.3 is 14.8 Å². The van der Waals surface area contributed by atoms with Crippen LogP contribution >= 0.6 is 0 Å². The summed E-state index contributed by atoms with van der Waals surface area (Å²) < 4.78 is 0. The smallest absolute Gasteiger partial charge is 0.373 e. The molecule has 0 radical (unpaired) electrons. The van der Waals surface area contributed by atoms with Crippen LogP contribution in [0.3, 0.4) is 0 Å². The van der Waals surface area contributed by atoms with Crippen LogP contribution in [0, 0.1) is 28.6 Å². The maximum atomic E-state index is 12.4. The number of carbonyl (C=O) groups excluding carboxylic acids is 4. The SMILES string of the molecule is CC(=O)[C@@]1(O)CC[C@@H]2[C@H]3CCC4=C/C(=N\OCC(=O)ON5C(=O)CCC5=O)CC[C@]4(C)[C@@H]3CC[C@@]21C. The number of fused-ring (bicyclic) bond motifs is 5. The van der Waals surface area contributed by atoms with Gasteiger partial charge in [-0.15, -0.1) is 5.06 Å². The van der Waals surface area contributed by atoms with Gasteiger partial charge in [0.15, 0.2) is 5.78 Å². The molecule has 0 spiro atoms. The summed E-state index contributed by atoms with van der Waals surface area (Å²) in [5, 5.41) is 16.0. The third-order valence-corrected chi connectivity index (χ3v) is 10.3. The van der Waals surface area contributed by atoms with E-state index in [9.17, 15) is 24.3 Å². The first-order valence-corrected chi connectivity index (χ1v) is 13.2. The number of hydrogen-bond donors (Lipinski definition) is 1. The van der Waals surface area contributed by atoms with Gasteiger partial charge in [-0.25, -0.2) is 4.79 Å². The fourth-order valence-corrected chi connectivity index (χ4v) is 8.19. The fourth-order valence-electron chi connectivity index (χ4n) is 8.19. The summed E-state index contributed by atoms with van der Waals surface area (Å²) in [6.45, 7) is 5.55. The van der Waals surface area contributed by atoms with Gasteiger partial charge in [0.2, 0.25) is 6.61 Å². The Labute approximate surface area is 211 Å². The first-order chi connectivity index (χ1) is 17.0. The summed E-state index contributed by atoms with van der Waals surface area (Å²) in [6.07, 6.45) is 9.19. The topological polar surface area (TPSA) is 123 Å². The van der Waals surface area contributed by atoms with Crippen LogP contribution in [0.2, 0.25) is 0 Å². The first-order valence-electron chi connectivity index (χ1n) is 13.2. The number of hydrogen-bond acceptors (Lipinski definition) is 8. The lowest BCUT2D eigenvalue weighted by atomic mass is 9.46. The monoisotopic (exact) mass is 500 g/mol. The number of carbonyl (C=O) groups is 4. The van der Waals surface area contributed by atoms with Crippen molar-refractivity contribution in [3.63, 3.8) is 0 Å². The van der Waals surface area contributed by atoms with E-state index in [0.29, 0.717) is 29.2 Å². The minimum absolute atomic E-state index is 0.0427. The van der Waals surface area contributed by atoms with E-state index in [2.05, 4.69) is 25.1 Å². The lowest BCUT2D eigenvalue weighted by Crippen LogP contribution is -2.57. The third kappa shape index (κ3) is 3.73. The Hall–Kier alpha value is -2.55. The standard InChI is InChI=1S/C27H36N2O7/c1-16(30)27(34)13-10-21-19-5-4-17-14-18(8-11-25(17,2)20(19)9-12-26(21,27)3)28-35-15-24(33)36-29-22(31)6-7-23(29)32/h14,19-21,34H,4-13,15H2,1-3H3/b28-18-/t19-,20+,21+,25-,26-,27-/m0/s1. The molecule has 2 amide bonds. The van der Waals surface area contributed by atoms with Crippen molar-refractivity contribution in [1.82, 2.24) is 5.06 Å². The van der Waals surface area contributed by atoms with E-state index in [1.54, 1.807) is 0 Å². The molecule has 0 aromatic heterocycles. The van der Waals surface area contributed by atoms with Crippen molar-refractivity contribution in [3.05, 3.63) is 11.6 Å². The molecule has 9 heteroatoms. The molecule has 0 aromatic carbocycles. The third-order valence-electron chi connectivity index (χ3n) is 10.3. The second kappa shape index (κ2) is 8.78. The van der Waals surface area contributed by atoms with Crippen molar-refractivity contribution >= 4 is 29.3 Å². The number of rotatable bonds is 5. The minimum Gasteiger partial charge on any atom is -0.383 e. The van der Waals surface area contributed by atoms with Crippen LogP contribution in [-0.2, 0) is 28.9 Å². The number of ketones is 1. The Morgan fingerprint density at radius 1 is 1.03 bits per heavy atom. The molecular weight excluding hydrogens is 464 g/mol. The van der Waals surface area contributed by atoms with Gasteiger partial charge in [-0.3, -0.25) is 14.4 Å². The zero-order valence-electron chi connectivity index (χ0n) is 21.4. The van der Waals surface area contributed by atoms with E-state index in [4.69, 9.17) is 9.68 Å². The zero-order chi connectivity index (χ0) is 25.9. The number of imide groups is 1. The zero-order valence-corrected chi connectivity index (χ0v) is 21.4. The quantitative estimate of drug-likeness (QED) is 0.454. The molecule has 1 N–H and O–H groups in total. The number of oxime groups is 1. The highest BCUT2D eigenvalue weighted by Gasteiger charge is 2.65. The van der Waals surface area contributed by atoms with E-state index in [1.807, 2.05) is 0 Å². The molecule has 0 bridgehead atoms. The van der Waals surface area contributed by atoms with E-state index in [1.165, 1.54) is 12.5 Å². The number of nitrogens with zero attached hydrogens (tertiary/aromatic N) is 2. The molecular formula is C27H36N2O7. The molecule has 3 saturated carbocycles. The van der Waals surface area contributed by atoms with Gasteiger partial charge in [-0.1, -0.05) is 24.6 Å². The average Bonchev–Trinajstić information content (AvgIpc) is 3.30. The molecule has 0 aromatic rings. The van der Waals surface area contributed by atoms with Gasteiger partial charge >= 0.3 is 5.97 Å². The van der Waals surface area contributed by atoms with Crippen LogP contribution < -0.4 is 0 Å². The first kappa shape index (κ1) is 25.1. The summed E-state index contributed by atoms with van der Waals surface area (Å²) in [7, 11) is 0. The molecule has 1 aliphatic heterocycles. The van der Waals surface area contributed by atoms with Crippen molar-refractivity contribution in [2.75, 3.05) is 6.61 Å². The van der Waals surface area contributed by atoms with Crippen LogP contribution in [-0.4, -0.2) is 51.7 Å². The lowest BCUT2D eigenvalue weighted by molar-refractivity contribution is -0.200. The highest BCUT2D eigenvalue weighted by molar-refractivity contribution is 6.01. The predicted molar refractivity (Wildman–Crippen MR) is 128 cm³/mol. The summed E-state index contributed by atoms with van der Waals surface area (Å²) in [5.41, 5.74) is 0.646. The number of aliphatic hydroxyl groups is 1. The van der Waals surface area contributed by atoms with E-state index in [0.717, 1.165) is 50.7 Å². The van der Waals surface area contributed by atoms with Gasteiger partial charge in [0, 0.05) is 18.3 Å². The minimum atomic E-state index is -1.19. The van der Waals surface area contributed by atoms with Crippen LogP contribution in [0.15, 0.2) is 16.8 Å². The molecule has 6 atom stereocenters. The van der Waals surface area contributed by atoms with Crippen molar-refractivity contribution < 1.29 is 34.0 Å².